The van der Waals surface area contributed by atoms with Crippen molar-refractivity contribution in [3.63, 3.8) is 0 Å². The molecule has 0 aliphatic rings. The van der Waals surface area contributed by atoms with Gasteiger partial charge in [0.2, 0.25) is 5.91 Å². The van der Waals surface area contributed by atoms with Crippen LogP contribution in [0.2, 0.25) is 0 Å². The monoisotopic (exact) mass is 247 g/mol. The number of halogens is 4. The van der Waals surface area contributed by atoms with E-state index in [0.29, 0.717) is 0 Å². The topological polar surface area (TPSA) is 29.1 Å². The molecule has 0 unspecified atom stereocenters. The van der Waals surface area contributed by atoms with Crippen molar-refractivity contribution < 1.29 is 18.0 Å². The molecule has 0 aliphatic heterocycles. The lowest BCUT2D eigenvalue weighted by atomic mass is 10.3. The largest absolute Gasteiger partial charge is 0.389 e. The van der Waals surface area contributed by atoms with Crippen molar-refractivity contribution in [3.8, 4) is 0 Å². The quantitative estimate of drug-likeness (QED) is 0.596. The molecule has 0 rings (SSSR count). The summed E-state index contributed by atoms with van der Waals surface area (Å²) in [5, 5.41) is 2.44. The molecule has 0 radical (unpaired) electrons. The maximum Gasteiger partial charge on any atom is 0.389 e. The molecule has 0 aromatic rings. The molecule has 0 aromatic heterocycles. The van der Waals surface area contributed by atoms with Crippen molar-refractivity contribution in [1.29, 1.82) is 0 Å². The first-order valence-electron chi connectivity index (χ1n) is 3.35. The van der Waals surface area contributed by atoms with Crippen LogP contribution in [-0.2, 0) is 4.79 Å². The van der Waals surface area contributed by atoms with Crippen LogP contribution in [0.3, 0.4) is 0 Å². The van der Waals surface area contributed by atoms with Gasteiger partial charge in [-0.1, -0.05) is 15.9 Å². The van der Waals surface area contributed by atoms with E-state index in [1.165, 1.54) is 0 Å². The summed E-state index contributed by atoms with van der Waals surface area (Å²) in [6.07, 6.45) is -5.04. The molecule has 0 aliphatic carbocycles. The average Bonchev–Trinajstić information content (AvgIpc) is 1.96. The smallest absolute Gasteiger partial charge is 0.355 e. The maximum atomic E-state index is 11.5. The van der Waals surface area contributed by atoms with Crippen LogP contribution in [0.15, 0.2) is 0 Å². The van der Waals surface area contributed by atoms with E-state index in [1.807, 2.05) is 0 Å². The zero-order valence-electron chi connectivity index (χ0n) is 6.25. The van der Waals surface area contributed by atoms with Crippen LogP contribution in [0.1, 0.15) is 12.8 Å². The third kappa shape index (κ3) is 7.84. The Labute approximate surface area is 76.6 Å². The van der Waals surface area contributed by atoms with Gasteiger partial charge in [-0.2, -0.15) is 13.2 Å². The van der Waals surface area contributed by atoms with Gasteiger partial charge in [-0.3, -0.25) is 4.79 Å². The van der Waals surface area contributed by atoms with Gasteiger partial charge < -0.3 is 5.32 Å². The third-order valence-electron chi connectivity index (χ3n) is 1.08. The van der Waals surface area contributed by atoms with Gasteiger partial charge >= 0.3 is 6.18 Å². The number of hydrogen-bond donors (Lipinski definition) is 1. The van der Waals surface area contributed by atoms with Crippen molar-refractivity contribution in [2.75, 3.05) is 11.9 Å². The van der Waals surface area contributed by atoms with Crippen molar-refractivity contribution in [2.24, 2.45) is 0 Å². The molecule has 0 aromatic carbocycles. The summed E-state index contributed by atoms with van der Waals surface area (Å²) >= 11 is 2.87. The van der Waals surface area contributed by atoms with Gasteiger partial charge in [0.15, 0.2) is 0 Å². The molecule has 0 bridgehead atoms. The van der Waals surface area contributed by atoms with Crippen LogP contribution in [0.5, 0.6) is 0 Å². The SMILES string of the molecule is O=C(CBr)NCCCC(F)(F)F. The fourth-order valence-corrected chi connectivity index (χ4v) is 0.762. The van der Waals surface area contributed by atoms with E-state index in [9.17, 15) is 18.0 Å². The molecule has 1 amide bonds. The van der Waals surface area contributed by atoms with Gasteiger partial charge in [-0.15, -0.1) is 0 Å². The Morgan fingerprint density at radius 2 is 2.00 bits per heavy atom. The summed E-state index contributed by atoms with van der Waals surface area (Å²) < 4.78 is 34.6. The summed E-state index contributed by atoms with van der Waals surface area (Å²) in [7, 11) is 0. The predicted molar refractivity (Wildman–Crippen MR) is 42.1 cm³/mol. The Balaban J connectivity index is 3.28. The van der Waals surface area contributed by atoms with Gasteiger partial charge in [0.1, 0.15) is 0 Å². The maximum absolute atomic E-state index is 11.5. The lowest BCUT2D eigenvalue weighted by molar-refractivity contribution is -0.136. The molecule has 0 saturated heterocycles. The Morgan fingerprint density at radius 1 is 1.42 bits per heavy atom. The highest BCUT2D eigenvalue weighted by molar-refractivity contribution is 9.09. The second-order valence-electron chi connectivity index (χ2n) is 2.20. The van der Waals surface area contributed by atoms with E-state index in [2.05, 4.69) is 21.2 Å². The van der Waals surface area contributed by atoms with E-state index in [-0.39, 0.29) is 24.2 Å². The standard InChI is InChI=1S/C6H9BrF3NO/c7-4-5(12)11-3-1-2-6(8,9)10/h1-4H2,(H,11,12). The second kappa shape index (κ2) is 5.40. The molecule has 0 spiro atoms. The number of carbonyl (C=O) groups is 1. The normalized spacial score (nSPS) is 11.3. The number of nitrogens with one attached hydrogen (secondary N) is 1. The van der Waals surface area contributed by atoms with Crippen LogP contribution in [0.25, 0.3) is 0 Å². The number of amides is 1. The third-order valence-corrected chi connectivity index (χ3v) is 1.59. The minimum Gasteiger partial charge on any atom is -0.355 e. The van der Waals surface area contributed by atoms with Crippen LogP contribution in [0, 0.1) is 0 Å². The fraction of sp³-hybridized carbons (Fsp3) is 0.833. The zero-order chi connectivity index (χ0) is 9.61. The summed E-state index contributed by atoms with van der Waals surface area (Å²) in [6.45, 7) is 0.0734. The van der Waals surface area contributed by atoms with Crippen LogP contribution >= 0.6 is 15.9 Å². The Kier molecular flexibility index (Phi) is 5.28. The van der Waals surface area contributed by atoms with E-state index >= 15 is 0 Å². The first-order chi connectivity index (χ1) is 5.45. The van der Waals surface area contributed by atoms with Crippen molar-refractivity contribution in [3.05, 3.63) is 0 Å². The van der Waals surface area contributed by atoms with E-state index < -0.39 is 12.6 Å². The number of carbonyl (C=O) groups excluding carboxylic acids is 1. The van der Waals surface area contributed by atoms with Gasteiger partial charge in [0, 0.05) is 13.0 Å². The highest BCUT2D eigenvalue weighted by atomic mass is 79.9. The summed E-state index contributed by atoms with van der Waals surface area (Å²) in [5.41, 5.74) is 0. The van der Waals surface area contributed by atoms with E-state index in [0.717, 1.165) is 0 Å². The highest BCUT2D eigenvalue weighted by Gasteiger charge is 2.25. The van der Waals surface area contributed by atoms with Crippen LogP contribution in [0.4, 0.5) is 13.2 Å². The van der Waals surface area contributed by atoms with Gasteiger partial charge in [0.25, 0.3) is 0 Å². The van der Waals surface area contributed by atoms with Crippen molar-refractivity contribution >= 4 is 21.8 Å². The molecule has 1 N–H and O–H groups in total. The highest BCUT2D eigenvalue weighted by Crippen LogP contribution is 2.20. The first kappa shape index (κ1) is 11.7. The number of hydrogen-bond acceptors (Lipinski definition) is 1. The van der Waals surface area contributed by atoms with Crippen LogP contribution < -0.4 is 5.32 Å². The Hall–Kier alpha value is -0.260. The molecule has 0 atom stereocenters. The number of alkyl halides is 4. The number of rotatable bonds is 4. The first-order valence-corrected chi connectivity index (χ1v) is 4.47. The van der Waals surface area contributed by atoms with E-state index in [1.54, 1.807) is 0 Å². The zero-order valence-corrected chi connectivity index (χ0v) is 7.83. The summed E-state index contributed by atoms with van der Waals surface area (Å²) in [5.74, 6) is -0.294. The average molecular weight is 248 g/mol. The second-order valence-corrected chi connectivity index (χ2v) is 2.76. The molecule has 2 nitrogen and oxygen atoms in total. The van der Waals surface area contributed by atoms with Gasteiger partial charge in [-0.05, 0) is 6.42 Å². The molecular formula is C6H9BrF3NO. The summed E-state index contributed by atoms with van der Waals surface area (Å²) in [6, 6.07) is 0. The molecule has 0 fully saturated rings. The molecule has 12 heavy (non-hydrogen) atoms. The van der Waals surface area contributed by atoms with Gasteiger partial charge in [-0.25, -0.2) is 0 Å². The van der Waals surface area contributed by atoms with E-state index in [4.69, 9.17) is 0 Å². The molecule has 6 heteroatoms. The molecular weight excluding hydrogens is 239 g/mol. The molecule has 0 heterocycles. The lowest BCUT2D eigenvalue weighted by Gasteiger charge is -2.05. The van der Waals surface area contributed by atoms with Crippen molar-refractivity contribution in [2.45, 2.75) is 19.0 Å². The molecule has 0 saturated carbocycles. The Bertz CT molecular complexity index is 148. The summed E-state index contributed by atoms with van der Waals surface area (Å²) in [4.78, 5) is 10.5. The minimum atomic E-state index is -4.13. The van der Waals surface area contributed by atoms with Gasteiger partial charge in [0.05, 0.1) is 5.33 Å². The van der Waals surface area contributed by atoms with Crippen molar-refractivity contribution in [1.82, 2.24) is 5.32 Å². The lowest BCUT2D eigenvalue weighted by Crippen LogP contribution is -2.26. The molecule has 72 valence electrons. The predicted octanol–water partition coefficient (Wildman–Crippen LogP) is 1.84. The Morgan fingerprint density at radius 3 is 2.42 bits per heavy atom. The fourth-order valence-electron chi connectivity index (χ4n) is 0.564. The van der Waals surface area contributed by atoms with Crippen LogP contribution in [-0.4, -0.2) is 24.0 Å². The minimum absolute atomic E-state index is 0.0672.